The second kappa shape index (κ2) is 28.2. The molecular formula is C109H73BrN3P. The first kappa shape index (κ1) is 68.3. The summed E-state index contributed by atoms with van der Waals surface area (Å²) < 4.78 is 8.24. The quantitative estimate of drug-likeness (QED) is 0.112. The molecule has 24 rings (SSSR count). The summed E-state index contributed by atoms with van der Waals surface area (Å²) in [7, 11) is 0. The van der Waals surface area contributed by atoms with Gasteiger partial charge in [-0.25, -0.2) is 0 Å². The second-order valence-electron chi connectivity index (χ2n) is 29.9. The Labute approximate surface area is 671 Å². The maximum Gasteiger partial charge on any atom is 0.0547 e. The summed E-state index contributed by atoms with van der Waals surface area (Å²) in [4.78, 5) is 0. The molecule has 3 nitrogen and oxygen atoms in total. The minimum atomic E-state index is 0. The average Bonchev–Trinajstić information content (AvgIpc) is 1.13. The molecule has 5 heteroatoms. The third kappa shape index (κ3) is 11.5. The number of fused-ring (bicyclic) bond motifs is 24. The van der Waals surface area contributed by atoms with Crippen molar-refractivity contribution in [1.29, 1.82) is 0 Å². The van der Waals surface area contributed by atoms with Crippen molar-refractivity contribution in [3.8, 4) is 72.7 Å². The van der Waals surface area contributed by atoms with Gasteiger partial charge >= 0.3 is 0 Å². The van der Waals surface area contributed by atoms with Crippen molar-refractivity contribution in [2.24, 2.45) is 0 Å². The summed E-state index contributed by atoms with van der Waals surface area (Å²) in [5, 5.41) is 23.3. The van der Waals surface area contributed by atoms with Crippen LogP contribution >= 0.6 is 25.8 Å². The molecule has 3 heterocycles. The zero-order valence-corrected chi connectivity index (χ0v) is 65.4. The highest BCUT2D eigenvalue weighted by atomic mass is 79.9. The van der Waals surface area contributed by atoms with Crippen LogP contribution in [0.15, 0.2) is 417 Å². The molecule has 0 radical (unpaired) electrons. The monoisotopic (exact) mass is 1530 g/mol. The predicted molar refractivity (Wildman–Crippen MR) is 496 cm³/mol. The van der Waals surface area contributed by atoms with Crippen LogP contribution < -0.4 is 0 Å². The second-order valence-corrected chi connectivity index (χ2v) is 30.8. The molecule has 0 saturated heterocycles. The lowest BCUT2D eigenvalue weighted by molar-refractivity contribution is 1.18. The lowest BCUT2D eigenvalue weighted by Gasteiger charge is -2.13. The molecule has 0 bridgehead atoms. The highest BCUT2D eigenvalue weighted by Gasteiger charge is 2.22. The first-order chi connectivity index (χ1) is 56.0. The molecule has 0 spiro atoms. The van der Waals surface area contributed by atoms with Gasteiger partial charge < -0.3 is 13.7 Å². The fraction of sp³-hybridized carbons (Fsp3) is 0.00917. The third-order valence-corrected chi connectivity index (χ3v) is 24.2. The molecule has 1 unspecified atom stereocenters. The van der Waals surface area contributed by atoms with Crippen LogP contribution in [0.5, 0.6) is 0 Å². The SMILES string of the molecule is Brc1ccc(-c2ccc3c(c2)c2ccccc2n3-c2ccccc2)cc1.P.c1ccc(-n2c3ccccc3c3cc(-c4ccc(-n5c6ccccc6c6ccc(-c7ccc8c9ccccc9c9ccccc9c8c7)cc65)cc4)ccc32)cc1.c1ccc2c(c1)Cc1cc(-c3ccc4c5ccccc5c5ccccc5c4c3)ccc1-2. The van der Waals surface area contributed by atoms with Gasteiger partial charge in [0.1, 0.15) is 0 Å². The molecule has 0 saturated carbocycles. The number of nitrogens with zero attached hydrogens (tertiary/aromatic N) is 3. The van der Waals surface area contributed by atoms with Crippen molar-refractivity contribution < 1.29 is 0 Å². The Morgan fingerprint density at radius 3 is 0.904 bits per heavy atom. The fourth-order valence-corrected chi connectivity index (χ4v) is 18.7. The average molecular weight is 1540 g/mol. The molecule has 1 aliphatic rings. The van der Waals surface area contributed by atoms with Crippen LogP contribution in [-0.2, 0) is 6.42 Å². The van der Waals surface area contributed by atoms with E-state index in [4.69, 9.17) is 0 Å². The smallest absolute Gasteiger partial charge is 0.0547 e. The van der Waals surface area contributed by atoms with Crippen LogP contribution in [0.4, 0.5) is 0 Å². The topological polar surface area (TPSA) is 14.8 Å². The summed E-state index contributed by atoms with van der Waals surface area (Å²) >= 11 is 3.52. The lowest BCUT2D eigenvalue weighted by Crippen LogP contribution is -1.94. The van der Waals surface area contributed by atoms with Gasteiger partial charge in [0.15, 0.2) is 0 Å². The molecule has 1 aliphatic carbocycles. The first-order valence-corrected chi connectivity index (χ1v) is 39.7. The Hall–Kier alpha value is -13.7. The Bertz CT molecular complexity index is 7690. The van der Waals surface area contributed by atoms with Crippen LogP contribution in [0.3, 0.4) is 0 Å². The zero-order chi connectivity index (χ0) is 74.6. The number of halogens is 1. The van der Waals surface area contributed by atoms with Gasteiger partial charge in [-0.1, -0.05) is 319 Å². The summed E-state index contributed by atoms with van der Waals surface area (Å²) in [5.74, 6) is 0. The summed E-state index contributed by atoms with van der Waals surface area (Å²) in [6.45, 7) is 0. The van der Waals surface area contributed by atoms with Crippen LogP contribution in [0, 0.1) is 0 Å². The molecule has 0 amide bonds. The molecule has 3 aromatic heterocycles. The van der Waals surface area contributed by atoms with E-state index in [2.05, 4.69) is 442 Å². The molecule has 20 aromatic carbocycles. The van der Waals surface area contributed by atoms with E-state index in [0.717, 1.165) is 16.6 Å². The van der Waals surface area contributed by atoms with Gasteiger partial charge in [0, 0.05) is 53.9 Å². The minimum absolute atomic E-state index is 0. The molecule has 114 heavy (non-hydrogen) atoms. The Morgan fingerprint density at radius 2 is 0.439 bits per heavy atom. The zero-order valence-electron chi connectivity index (χ0n) is 62.4. The van der Waals surface area contributed by atoms with Gasteiger partial charge in [0.2, 0.25) is 0 Å². The maximum atomic E-state index is 3.52. The highest BCUT2D eigenvalue weighted by Crippen LogP contribution is 2.45. The van der Waals surface area contributed by atoms with Gasteiger partial charge in [0.25, 0.3) is 0 Å². The maximum absolute atomic E-state index is 3.52. The largest absolute Gasteiger partial charge is 0.309 e. The van der Waals surface area contributed by atoms with E-state index in [1.165, 1.54) is 208 Å². The number of benzene rings is 20. The third-order valence-electron chi connectivity index (χ3n) is 23.6. The van der Waals surface area contributed by atoms with E-state index in [9.17, 15) is 0 Å². The number of para-hydroxylation sites is 5. The van der Waals surface area contributed by atoms with E-state index < -0.39 is 0 Å². The molecule has 1 atom stereocenters. The van der Waals surface area contributed by atoms with Crippen LogP contribution in [0.25, 0.3) is 203 Å². The van der Waals surface area contributed by atoms with Crippen molar-refractivity contribution in [2.75, 3.05) is 0 Å². The molecule has 23 aromatic rings. The number of aromatic nitrogens is 3. The highest BCUT2D eigenvalue weighted by molar-refractivity contribution is 9.10. The van der Waals surface area contributed by atoms with Crippen LogP contribution in [-0.4, -0.2) is 13.7 Å². The van der Waals surface area contributed by atoms with Gasteiger partial charge in [-0.2, -0.15) is 9.90 Å². The van der Waals surface area contributed by atoms with E-state index in [1.807, 2.05) is 0 Å². The van der Waals surface area contributed by atoms with Gasteiger partial charge in [-0.3, -0.25) is 0 Å². The summed E-state index contributed by atoms with van der Waals surface area (Å²) in [6.07, 6.45) is 1.03. The van der Waals surface area contributed by atoms with Gasteiger partial charge in [0.05, 0.1) is 33.1 Å². The van der Waals surface area contributed by atoms with Crippen molar-refractivity contribution in [2.45, 2.75) is 6.42 Å². The standard InChI is InChI=1S/C54H34N2.C31H20.C24H16BrN.H3P/c1-2-12-39(13-3-1)55-52-21-11-9-19-47(52)50-33-36(26-31-53(50)55)35-22-27-40(28-23-35)56-51-20-10-8-18-46(51)48-30-25-38(34-54(48)56)37-24-29-45-43-16-5-4-14-41(43)42-15-6-7-17-44(42)49(45)32-37;1-2-8-24-22(7-1)18-23-17-20(13-15-25(23)24)21-14-16-30-28-11-4-3-9-26(28)27-10-5-6-12-29(27)31(30)19-21;25-19-13-10-17(11-14-19)18-12-15-24-22(16-18)21-8-4-5-9-23(21)26(24)20-6-2-1-3-7-20;/h1-34H;1-17,19H,18H2;1-16H;1H3. The number of hydrogen-bond acceptors (Lipinski definition) is 0. The van der Waals surface area contributed by atoms with E-state index in [0.29, 0.717) is 0 Å². The van der Waals surface area contributed by atoms with Gasteiger partial charge in [-0.05, 0) is 247 Å². The van der Waals surface area contributed by atoms with Crippen molar-refractivity contribution in [1.82, 2.24) is 13.7 Å². The van der Waals surface area contributed by atoms with E-state index >= 15 is 0 Å². The fourth-order valence-electron chi connectivity index (χ4n) is 18.4. The molecule has 0 aliphatic heterocycles. The Balaban J connectivity index is 0.000000118. The number of hydrogen-bond donors (Lipinski definition) is 0. The first-order valence-electron chi connectivity index (χ1n) is 38.9. The lowest BCUT2D eigenvalue weighted by atomic mass is 9.91. The molecule has 536 valence electrons. The number of rotatable bonds is 7. The van der Waals surface area contributed by atoms with Crippen LogP contribution in [0.1, 0.15) is 11.1 Å². The summed E-state index contributed by atoms with van der Waals surface area (Å²) in [5.41, 5.74) is 26.4. The molecule has 0 fully saturated rings. The van der Waals surface area contributed by atoms with Crippen molar-refractivity contribution in [3.63, 3.8) is 0 Å². The Kier molecular flexibility index (Phi) is 16.9. The van der Waals surface area contributed by atoms with E-state index in [-0.39, 0.29) is 9.90 Å². The van der Waals surface area contributed by atoms with Crippen molar-refractivity contribution >= 4 is 156 Å². The normalized spacial score (nSPS) is 11.8. The van der Waals surface area contributed by atoms with Gasteiger partial charge in [-0.15, -0.1) is 0 Å². The molecular weight excluding hydrogens is 1460 g/mol. The predicted octanol–water partition coefficient (Wildman–Crippen LogP) is 30.3. The van der Waals surface area contributed by atoms with Crippen molar-refractivity contribution in [3.05, 3.63) is 428 Å². The summed E-state index contributed by atoms with van der Waals surface area (Å²) in [6, 6.07) is 150. The minimum Gasteiger partial charge on any atom is -0.309 e. The molecule has 0 N–H and O–H groups in total. The van der Waals surface area contributed by atoms with E-state index in [1.54, 1.807) is 0 Å². The van der Waals surface area contributed by atoms with Crippen LogP contribution in [0.2, 0.25) is 0 Å². The Morgan fingerprint density at radius 1 is 0.167 bits per heavy atom.